The Hall–Kier alpha value is -2.08. The quantitative estimate of drug-likeness (QED) is 0.724. The molecule has 1 aliphatic carbocycles. The van der Waals surface area contributed by atoms with Crippen molar-refractivity contribution in [2.75, 3.05) is 0 Å². The molecule has 0 bridgehead atoms. The van der Waals surface area contributed by atoms with Gasteiger partial charge in [-0.3, -0.25) is 0 Å². The molecule has 1 aromatic carbocycles. The van der Waals surface area contributed by atoms with Gasteiger partial charge in [0.2, 0.25) is 0 Å². The molecule has 0 unspecified atom stereocenters. The van der Waals surface area contributed by atoms with Crippen LogP contribution in [0.25, 0.3) is 24.3 Å². The van der Waals surface area contributed by atoms with Crippen molar-refractivity contribution in [1.82, 2.24) is 0 Å². The van der Waals surface area contributed by atoms with Crippen molar-refractivity contribution < 1.29 is 0 Å². The van der Waals surface area contributed by atoms with Crippen LogP contribution in [0, 0.1) is 6.92 Å². The second kappa shape index (κ2) is 5.50. The molecule has 0 aliphatic heterocycles. The molecule has 102 valence electrons. The van der Waals surface area contributed by atoms with Gasteiger partial charge in [0.25, 0.3) is 0 Å². The van der Waals surface area contributed by atoms with Gasteiger partial charge in [0.15, 0.2) is 0 Å². The Labute approximate surface area is 121 Å². The first-order chi connectivity index (χ1) is 9.56. The lowest BCUT2D eigenvalue weighted by Crippen LogP contribution is -2.28. The number of rotatable bonds is 3. The Morgan fingerprint density at radius 1 is 1.20 bits per heavy atom. The van der Waals surface area contributed by atoms with E-state index in [4.69, 9.17) is 0 Å². The molecule has 0 N–H and O–H groups in total. The minimum Gasteiger partial charge on any atom is -0.0985 e. The molecule has 0 saturated heterocycles. The minimum atomic E-state index is 1.02. The standard InChI is InChI=1S/C20H22/c1-7-16(8-2)19-13(4)14(5)20-17(9-3)11-10-12-18(20)15(19)6/h7-9,11H,1,3,5-6,10,12H2,2,4H3/b16-8-. The van der Waals surface area contributed by atoms with Gasteiger partial charge in [0.1, 0.15) is 0 Å². The highest BCUT2D eigenvalue weighted by atomic mass is 14.2. The fraction of sp³-hybridized carbons (Fsp3) is 0.200. The van der Waals surface area contributed by atoms with Crippen LogP contribution in [0.5, 0.6) is 0 Å². The summed E-state index contributed by atoms with van der Waals surface area (Å²) in [6.07, 6.45) is 10.2. The SMILES string of the molecule is C=CC1=CCCc2c1c(=C)c(C)c(/C(C=C)=C\C)c2=C. The lowest BCUT2D eigenvalue weighted by atomic mass is 9.82. The summed E-state index contributed by atoms with van der Waals surface area (Å²) in [5.41, 5.74) is 7.26. The fourth-order valence-corrected chi connectivity index (χ4v) is 3.09. The summed E-state index contributed by atoms with van der Waals surface area (Å²) >= 11 is 0. The molecule has 0 spiro atoms. The number of allylic oxidation sites excluding steroid dienone is 6. The van der Waals surface area contributed by atoms with Gasteiger partial charge in [-0.2, -0.15) is 0 Å². The summed E-state index contributed by atoms with van der Waals surface area (Å²) < 4.78 is 0. The zero-order valence-corrected chi connectivity index (χ0v) is 12.6. The Morgan fingerprint density at radius 3 is 2.45 bits per heavy atom. The van der Waals surface area contributed by atoms with E-state index in [9.17, 15) is 0 Å². The molecule has 1 aliphatic rings. The molecule has 0 nitrogen and oxygen atoms in total. The van der Waals surface area contributed by atoms with Crippen molar-refractivity contribution in [3.05, 3.63) is 70.2 Å². The number of hydrogen-bond donors (Lipinski definition) is 0. The first-order valence-electron chi connectivity index (χ1n) is 7.02. The number of hydrogen-bond acceptors (Lipinski definition) is 0. The van der Waals surface area contributed by atoms with Crippen LogP contribution in [0.4, 0.5) is 0 Å². The first-order valence-corrected chi connectivity index (χ1v) is 7.02. The summed E-state index contributed by atoms with van der Waals surface area (Å²) in [4.78, 5) is 0. The third-order valence-electron chi connectivity index (χ3n) is 4.18. The van der Waals surface area contributed by atoms with E-state index in [1.54, 1.807) is 0 Å². The van der Waals surface area contributed by atoms with Gasteiger partial charge in [-0.1, -0.05) is 50.6 Å². The van der Waals surface area contributed by atoms with Crippen LogP contribution in [-0.4, -0.2) is 0 Å². The van der Waals surface area contributed by atoms with Gasteiger partial charge in [-0.25, -0.2) is 0 Å². The normalized spacial score (nSPS) is 14.5. The Bertz CT molecular complexity index is 739. The summed E-state index contributed by atoms with van der Waals surface area (Å²) in [5.74, 6) is 0. The second-order valence-electron chi connectivity index (χ2n) is 5.16. The lowest BCUT2D eigenvalue weighted by molar-refractivity contribution is 0.961. The third-order valence-corrected chi connectivity index (χ3v) is 4.18. The summed E-state index contributed by atoms with van der Waals surface area (Å²) in [5, 5.41) is 2.21. The predicted octanol–water partition coefficient (Wildman–Crippen LogP) is 3.92. The van der Waals surface area contributed by atoms with Gasteiger partial charge < -0.3 is 0 Å². The largest absolute Gasteiger partial charge is 0.0985 e. The zero-order chi connectivity index (χ0) is 14.9. The highest BCUT2D eigenvalue weighted by molar-refractivity contribution is 5.83. The maximum absolute atomic E-state index is 4.34. The molecule has 0 saturated carbocycles. The smallest absolute Gasteiger partial charge is 0.00797 e. The van der Waals surface area contributed by atoms with E-state index in [1.165, 1.54) is 27.8 Å². The monoisotopic (exact) mass is 262 g/mol. The highest BCUT2D eigenvalue weighted by Gasteiger charge is 2.17. The molecule has 0 radical (unpaired) electrons. The molecule has 0 heterocycles. The molecular formula is C20H22. The van der Waals surface area contributed by atoms with Crippen molar-refractivity contribution in [3.8, 4) is 0 Å². The van der Waals surface area contributed by atoms with E-state index in [1.807, 2.05) is 19.1 Å². The van der Waals surface area contributed by atoms with E-state index in [0.717, 1.165) is 28.9 Å². The summed E-state index contributed by atoms with van der Waals surface area (Å²) in [6.45, 7) is 20.7. The average molecular weight is 262 g/mol. The van der Waals surface area contributed by atoms with Crippen molar-refractivity contribution in [2.45, 2.75) is 26.7 Å². The highest BCUT2D eigenvalue weighted by Crippen LogP contribution is 2.25. The van der Waals surface area contributed by atoms with Gasteiger partial charge in [-0.15, -0.1) is 0 Å². The molecule has 2 rings (SSSR count). The minimum absolute atomic E-state index is 1.02. The Morgan fingerprint density at radius 2 is 1.90 bits per heavy atom. The summed E-state index contributed by atoms with van der Waals surface area (Å²) in [6, 6.07) is 0. The zero-order valence-electron chi connectivity index (χ0n) is 12.6. The van der Waals surface area contributed by atoms with Gasteiger partial charge in [-0.05, 0) is 70.5 Å². The second-order valence-corrected chi connectivity index (χ2v) is 5.16. The number of benzene rings is 1. The van der Waals surface area contributed by atoms with Crippen LogP contribution in [0.1, 0.15) is 35.6 Å². The Balaban J connectivity index is 2.93. The maximum Gasteiger partial charge on any atom is -0.00797 e. The van der Waals surface area contributed by atoms with Gasteiger partial charge in [0, 0.05) is 0 Å². The van der Waals surface area contributed by atoms with Crippen LogP contribution in [-0.2, 0) is 6.42 Å². The average Bonchev–Trinajstić information content (AvgIpc) is 2.48. The van der Waals surface area contributed by atoms with Crippen LogP contribution < -0.4 is 10.4 Å². The van der Waals surface area contributed by atoms with Gasteiger partial charge in [0.05, 0.1) is 0 Å². The fourth-order valence-electron chi connectivity index (χ4n) is 3.09. The lowest BCUT2D eigenvalue weighted by Gasteiger charge is -2.21. The van der Waals surface area contributed by atoms with Gasteiger partial charge >= 0.3 is 0 Å². The molecule has 20 heavy (non-hydrogen) atoms. The van der Waals surface area contributed by atoms with E-state index in [2.05, 4.69) is 45.4 Å². The van der Waals surface area contributed by atoms with Crippen molar-refractivity contribution in [2.24, 2.45) is 0 Å². The van der Waals surface area contributed by atoms with Crippen molar-refractivity contribution in [1.29, 1.82) is 0 Å². The topological polar surface area (TPSA) is 0 Å². The van der Waals surface area contributed by atoms with Crippen molar-refractivity contribution >= 4 is 24.3 Å². The van der Waals surface area contributed by atoms with Crippen LogP contribution >= 0.6 is 0 Å². The summed E-state index contributed by atoms with van der Waals surface area (Å²) in [7, 11) is 0. The molecule has 0 fully saturated rings. The molecule has 0 heteroatoms. The van der Waals surface area contributed by atoms with Crippen molar-refractivity contribution in [3.63, 3.8) is 0 Å². The number of fused-ring (bicyclic) bond motifs is 1. The van der Waals surface area contributed by atoms with E-state index in [0.29, 0.717) is 0 Å². The van der Waals surface area contributed by atoms with E-state index < -0.39 is 0 Å². The van der Waals surface area contributed by atoms with Crippen LogP contribution in [0.2, 0.25) is 0 Å². The Kier molecular flexibility index (Phi) is 3.94. The molecular weight excluding hydrogens is 240 g/mol. The molecule has 0 atom stereocenters. The molecule has 0 amide bonds. The predicted molar refractivity (Wildman–Crippen MR) is 91.8 cm³/mol. The first kappa shape index (κ1) is 14.3. The van der Waals surface area contributed by atoms with E-state index >= 15 is 0 Å². The third kappa shape index (κ3) is 2.02. The molecule has 0 aromatic heterocycles. The maximum atomic E-state index is 4.34. The van der Waals surface area contributed by atoms with Crippen LogP contribution in [0.3, 0.4) is 0 Å². The molecule has 1 aromatic rings. The van der Waals surface area contributed by atoms with E-state index in [-0.39, 0.29) is 0 Å². The van der Waals surface area contributed by atoms with Crippen LogP contribution in [0.15, 0.2) is 37.5 Å².